The normalized spacial score (nSPS) is 53.9. The van der Waals surface area contributed by atoms with Gasteiger partial charge in [-0.05, 0) is 103 Å². The van der Waals surface area contributed by atoms with Crippen LogP contribution in [0.2, 0.25) is 0 Å². The third-order valence-electron chi connectivity index (χ3n) is 14.0. The van der Waals surface area contributed by atoms with E-state index in [-0.39, 0.29) is 44.9 Å². The molecule has 0 spiro atoms. The summed E-state index contributed by atoms with van der Waals surface area (Å²) in [6.45, 7) is 16.8. The van der Waals surface area contributed by atoms with Gasteiger partial charge in [0.25, 0.3) is 0 Å². The van der Waals surface area contributed by atoms with E-state index in [9.17, 15) is 9.59 Å². The first-order chi connectivity index (χ1) is 16.6. The topological polar surface area (TPSA) is 81.4 Å². The van der Waals surface area contributed by atoms with Crippen LogP contribution in [0.5, 0.6) is 0 Å². The Balaban J connectivity index is 1.54. The molecule has 5 saturated carbocycles. The number of rotatable bonds is 2. The summed E-state index contributed by atoms with van der Waals surface area (Å²) in [6, 6.07) is 0.218. The zero-order valence-corrected chi connectivity index (χ0v) is 24.3. The highest BCUT2D eigenvalue weighted by atomic mass is 16.6. The number of hydrogen-bond donors (Lipinski definition) is 2. The molecule has 5 rings (SSSR count). The zero-order valence-electron chi connectivity index (χ0n) is 24.3. The second-order valence-corrected chi connectivity index (χ2v) is 15.8. The number of hydroxylamine groups is 1. The molecule has 5 heteroatoms. The van der Waals surface area contributed by atoms with E-state index in [0.717, 1.165) is 38.5 Å². The summed E-state index contributed by atoms with van der Waals surface area (Å²) in [5.41, 5.74) is 9.29. The van der Waals surface area contributed by atoms with Gasteiger partial charge in [-0.3, -0.25) is 14.4 Å². The fourth-order valence-electron chi connectivity index (χ4n) is 11.3. The molecule has 0 radical (unpaired) electrons. The van der Waals surface area contributed by atoms with Gasteiger partial charge in [-0.1, -0.05) is 48.5 Å². The van der Waals surface area contributed by atoms with Crippen LogP contribution in [0.15, 0.2) is 0 Å². The first-order valence-corrected chi connectivity index (χ1v) is 14.7. The lowest BCUT2D eigenvalue weighted by atomic mass is 9.31. The number of Topliss-reactive ketones (excluding diaryl/α,β-unsaturated/α-hetero) is 1. The second kappa shape index (κ2) is 8.04. The van der Waals surface area contributed by atoms with Gasteiger partial charge in [-0.25, -0.2) is 5.48 Å². The zero-order chi connectivity index (χ0) is 26.5. The van der Waals surface area contributed by atoms with Gasteiger partial charge >= 0.3 is 0 Å². The van der Waals surface area contributed by atoms with E-state index >= 15 is 0 Å². The minimum atomic E-state index is -0.438. The van der Waals surface area contributed by atoms with Crippen LogP contribution in [-0.2, 0) is 14.4 Å². The van der Waals surface area contributed by atoms with Crippen LogP contribution in [-0.4, -0.2) is 24.8 Å². The maximum atomic E-state index is 14.4. The fourth-order valence-corrected chi connectivity index (χ4v) is 11.3. The molecule has 5 aliphatic rings. The standard InChI is InChI=1S/C31H52N2O3/c1-26(2)22-9-12-31(7)24(29(22,5)11-10-23(26)32)21(34)17-19-20-18-28(4,25(35)33-36-8)14-13-27(20,3)15-16-30(19,31)6/h19-20,22-24H,9-18,32H2,1-8H3,(H,33,35)/t19-,20-,22?,23+,24-,27-,28+,29+,30-,31-/m1/s1. The summed E-state index contributed by atoms with van der Waals surface area (Å²) in [4.78, 5) is 32.5. The van der Waals surface area contributed by atoms with Crippen LogP contribution >= 0.6 is 0 Å². The van der Waals surface area contributed by atoms with Crippen LogP contribution in [0.1, 0.15) is 113 Å². The largest absolute Gasteiger partial charge is 0.327 e. The predicted molar refractivity (Wildman–Crippen MR) is 143 cm³/mol. The molecule has 0 aromatic carbocycles. The Hall–Kier alpha value is -0.940. The Morgan fingerprint density at radius 2 is 1.56 bits per heavy atom. The van der Waals surface area contributed by atoms with Gasteiger partial charge in [-0.2, -0.15) is 0 Å². The third kappa shape index (κ3) is 3.26. The molecule has 10 atom stereocenters. The lowest BCUT2D eigenvalue weighted by molar-refractivity contribution is -0.235. The van der Waals surface area contributed by atoms with E-state index in [4.69, 9.17) is 10.6 Å². The number of nitrogens with one attached hydrogen (secondary N) is 1. The Labute approximate surface area is 219 Å². The molecule has 5 nitrogen and oxygen atoms in total. The highest BCUT2D eigenvalue weighted by Gasteiger charge is 2.72. The number of ketones is 1. The Morgan fingerprint density at radius 3 is 2.22 bits per heavy atom. The molecule has 1 unspecified atom stereocenters. The van der Waals surface area contributed by atoms with E-state index < -0.39 is 5.41 Å². The van der Waals surface area contributed by atoms with Gasteiger partial charge in [0, 0.05) is 23.8 Å². The van der Waals surface area contributed by atoms with Gasteiger partial charge in [-0.15, -0.1) is 0 Å². The molecule has 204 valence electrons. The summed E-state index contributed by atoms with van der Waals surface area (Å²) >= 11 is 0. The lowest BCUT2D eigenvalue weighted by Gasteiger charge is -2.73. The first kappa shape index (κ1) is 26.7. The van der Waals surface area contributed by atoms with Crippen molar-refractivity contribution in [2.75, 3.05) is 7.11 Å². The van der Waals surface area contributed by atoms with Crippen LogP contribution in [0.3, 0.4) is 0 Å². The molecule has 1 amide bonds. The van der Waals surface area contributed by atoms with Crippen molar-refractivity contribution in [2.45, 2.75) is 119 Å². The number of nitrogens with two attached hydrogens (primary N) is 1. The SMILES string of the molecule is CONC(=O)[C@@]1(C)CC[C@]2(C)CC[C@]3(C)[C@H](CC(=O)[C@@H]4[C@@]5(C)CC[C@H](N)C(C)(C)C5CC[C@]43C)[C@H]2C1. The average Bonchev–Trinajstić information content (AvgIpc) is 2.79. The van der Waals surface area contributed by atoms with Gasteiger partial charge in [0.05, 0.1) is 7.11 Å². The summed E-state index contributed by atoms with van der Waals surface area (Å²) in [5, 5.41) is 0. The molecule has 5 aliphatic carbocycles. The van der Waals surface area contributed by atoms with Crippen molar-refractivity contribution in [3.63, 3.8) is 0 Å². The molecule has 5 fully saturated rings. The summed E-state index contributed by atoms with van der Waals surface area (Å²) in [5.74, 6) is 1.86. The highest BCUT2D eigenvalue weighted by molar-refractivity contribution is 5.85. The van der Waals surface area contributed by atoms with Crippen LogP contribution in [0.4, 0.5) is 0 Å². The first-order valence-electron chi connectivity index (χ1n) is 14.7. The van der Waals surface area contributed by atoms with Crippen molar-refractivity contribution in [1.29, 1.82) is 0 Å². The predicted octanol–water partition coefficient (Wildman–Crippen LogP) is 6.05. The minimum absolute atomic E-state index is 0.000265. The Morgan fingerprint density at radius 1 is 0.889 bits per heavy atom. The van der Waals surface area contributed by atoms with Crippen LogP contribution in [0, 0.1) is 56.2 Å². The van der Waals surface area contributed by atoms with Gasteiger partial charge in [0.2, 0.25) is 5.91 Å². The van der Waals surface area contributed by atoms with Gasteiger partial charge in [0.1, 0.15) is 5.78 Å². The summed E-state index contributed by atoms with van der Waals surface area (Å²) < 4.78 is 0. The van der Waals surface area contributed by atoms with E-state index in [1.807, 2.05) is 0 Å². The molecule has 3 N–H and O–H groups in total. The van der Waals surface area contributed by atoms with Crippen molar-refractivity contribution in [3.05, 3.63) is 0 Å². The summed E-state index contributed by atoms with van der Waals surface area (Å²) in [6.07, 6.45) is 10.3. The average molecular weight is 501 g/mol. The number of fused-ring (bicyclic) bond motifs is 7. The highest BCUT2D eigenvalue weighted by Crippen LogP contribution is 2.76. The van der Waals surface area contributed by atoms with Crippen molar-refractivity contribution >= 4 is 11.7 Å². The second-order valence-electron chi connectivity index (χ2n) is 15.8. The number of amides is 1. The smallest absolute Gasteiger partial charge is 0.249 e. The van der Waals surface area contributed by atoms with E-state index in [0.29, 0.717) is 30.0 Å². The Bertz CT molecular complexity index is 948. The quantitative estimate of drug-likeness (QED) is 0.452. The molecular weight excluding hydrogens is 448 g/mol. The minimum Gasteiger partial charge on any atom is -0.327 e. The molecule has 0 saturated heterocycles. The molecule has 0 aromatic rings. The molecule has 0 heterocycles. The van der Waals surface area contributed by atoms with Gasteiger partial charge < -0.3 is 5.73 Å². The monoisotopic (exact) mass is 500 g/mol. The van der Waals surface area contributed by atoms with Crippen molar-refractivity contribution in [1.82, 2.24) is 5.48 Å². The third-order valence-corrected chi connectivity index (χ3v) is 14.0. The Kier molecular flexibility index (Phi) is 5.95. The van der Waals surface area contributed by atoms with Crippen molar-refractivity contribution in [2.24, 2.45) is 61.9 Å². The molecule has 0 bridgehead atoms. The fraction of sp³-hybridized carbons (Fsp3) is 0.935. The van der Waals surface area contributed by atoms with Crippen molar-refractivity contribution < 1.29 is 14.4 Å². The maximum Gasteiger partial charge on any atom is 0.249 e. The maximum absolute atomic E-state index is 14.4. The molecule has 36 heavy (non-hydrogen) atoms. The van der Waals surface area contributed by atoms with Crippen molar-refractivity contribution in [3.8, 4) is 0 Å². The van der Waals surface area contributed by atoms with Gasteiger partial charge in [0.15, 0.2) is 0 Å². The molecular formula is C31H52N2O3. The molecule has 0 aliphatic heterocycles. The summed E-state index contributed by atoms with van der Waals surface area (Å²) in [7, 11) is 1.52. The number of carbonyl (C=O) groups is 2. The van der Waals surface area contributed by atoms with E-state index in [1.54, 1.807) is 0 Å². The van der Waals surface area contributed by atoms with E-state index in [1.165, 1.54) is 26.4 Å². The van der Waals surface area contributed by atoms with Crippen LogP contribution in [0.25, 0.3) is 0 Å². The molecule has 0 aromatic heterocycles. The number of carbonyl (C=O) groups excluding carboxylic acids is 2. The van der Waals surface area contributed by atoms with Crippen LogP contribution < -0.4 is 11.2 Å². The lowest BCUT2D eigenvalue weighted by Crippen LogP contribution is -2.70. The number of hydrogen-bond acceptors (Lipinski definition) is 4. The van der Waals surface area contributed by atoms with E-state index in [2.05, 4.69) is 53.9 Å².